The van der Waals surface area contributed by atoms with Gasteiger partial charge in [0.2, 0.25) is 0 Å². The molecule has 0 radical (unpaired) electrons. The van der Waals surface area contributed by atoms with Crippen molar-refractivity contribution in [3.8, 4) is 0 Å². The molecule has 1 aromatic carbocycles. The van der Waals surface area contributed by atoms with E-state index in [1.165, 1.54) is 12.1 Å². The molecule has 2 rings (SSSR count). The minimum Gasteiger partial charge on any atom is -0.335 e. The molecule has 0 aliphatic heterocycles. The highest BCUT2D eigenvalue weighted by atomic mass is 79.9. The van der Waals surface area contributed by atoms with Gasteiger partial charge in [-0.1, -0.05) is 15.9 Å². The minimum absolute atomic E-state index is 0.198. The van der Waals surface area contributed by atoms with Gasteiger partial charge in [-0.2, -0.15) is 13.2 Å². The fourth-order valence-corrected chi connectivity index (χ4v) is 2.28. The van der Waals surface area contributed by atoms with E-state index in [9.17, 15) is 18.0 Å². The molecule has 19 heavy (non-hydrogen) atoms. The molecule has 6 heteroatoms. The Morgan fingerprint density at radius 1 is 1.26 bits per heavy atom. The summed E-state index contributed by atoms with van der Waals surface area (Å²) in [5.41, 5.74) is -0.427. The topological polar surface area (TPSA) is 20.3 Å². The van der Waals surface area contributed by atoms with E-state index in [4.69, 9.17) is 0 Å². The molecule has 2 nitrogen and oxygen atoms in total. The molecule has 1 aliphatic carbocycles. The van der Waals surface area contributed by atoms with Crippen LogP contribution in [0.4, 0.5) is 13.2 Å². The monoisotopic (exact) mass is 335 g/mol. The van der Waals surface area contributed by atoms with Crippen LogP contribution in [0.25, 0.3) is 0 Å². The summed E-state index contributed by atoms with van der Waals surface area (Å²) in [6, 6.07) is 4.63. The molecule has 1 saturated carbocycles. The van der Waals surface area contributed by atoms with Gasteiger partial charge >= 0.3 is 6.18 Å². The number of hydrogen-bond acceptors (Lipinski definition) is 1. The molecule has 104 valence electrons. The van der Waals surface area contributed by atoms with Crippen LogP contribution in [0, 0.1) is 0 Å². The minimum atomic E-state index is -4.37. The van der Waals surface area contributed by atoms with Crippen LogP contribution < -0.4 is 0 Å². The van der Waals surface area contributed by atoms with Gasteiger partial charge in [0.25, 0.3) is 5.91 Å². The number of hydrogen-bond donors (Lipinski definition) is 0. The molecular weight excluding hydrogens is 323 g/mol. The lowest BCUT2D eigenvalue weighted by molar-refractivity contribution is -0.137. The Morgan fingerprint density at radius 3 is 2.26 bits per heavy atom. The zero-order valence-electron chi connectivity index (χ0n) is 10.1. The summed E-state index contributed by atoms with van der Waals surface area (Å²) in [5, 5.41) is 0.663. The van der Waals surface area contributed by atoms with Gasteiger partial charge in [0.05, 0.1) is 5.56 Å². The van der Waals surface area contributed by atoms with Crippen LogP contribution in [-0.2, 0) is 6.18 Å². The SMILES string of the molecule is O=C(c1ccc(C(F)(F)F)cc1)N(CCBr)C1CC1. The highest BCUT2D eigenvalue weighted by Gasteiger charge is 2.33. The Bertz CT molecular complexity index is 454. The molecule has 0 N–H and O–H groups in total. The Hall–Kier alpha value is -1.04. The van der Waals surface area contributed by atoms with Crippen molar-refractivity contribution in [2.75, 3.05) is 11.9 Å². The summed E-state index contributed by atoms with van der Waals surface area (Å²) in [6.07, 6.45) is -2.42. The Morgan fingerprint density at radius 2 is 1.84 bits per heavy atom. The van der Waals surface area contributed by atoms with Crippen LogP contribution in [0.3, 0.4) is 0 Å². The van der Waals surface area contributed by atoms with Gasteiger partial charge in [-0.25, -0.2) is 0 Å². The van der Waals surface area contributed by atoms with Gasteiger partial charge in [-0.15, -0.1) is 0 Å². The zero-order chi connectivity index (χ0) is 14.0. The fourth-order valence-electron chi connectivity index (χ4n) is 1.89. The van der Waals surface area contributed by atoms with Crippen LogP contribution in [0.5, 0.6) is 0 Å². The lowest BCUT2D eigenvalue weighted by Crippen LogP contribution is -2.34. The molecule has 1 aromatic rings. The number of carbonyl (C=O) groups is 1. The first-order chi connectivity index (χ1) is 8.93. The first-order valence-corrected chi connectivity index (χ1v) is 7.10. The Labute approximate surface area is 117 Å². The second kappa shape index (κ2) is 5.53. The number of alkyl halides is 4. The van der Waals surface area contributed by atoms with Gasteiger partial charge in [0.15, 0.2) is 0 Å². The summed E-state index contributed by atoms with van der Waals surface area (Å²) in [5.74, 6) is -0.198. The third kappa shape index (κ3) is 3.49. The number of carbonyl (C=O) groups excluding carboxylic acids is 1. The zero-order valence-corrected chi connectivity index (χ0v) is 11.7. The first kappa shape index (κ1) is 14.4. The van der Waals surface area contributed by atoms with Gasteiger partial charge in [0, 0.05) is 23.5 Å². The molecule has 0 atom stereocenters. The number of benzene rings is 1. The highest BCUT2D eigenvalue weighted by Crippen LogP contribution is 2.31. The van der Waals surface area contributed by atoms with Gasteiger partial charge in [-0.05, 0) is 37.1 Å². The maximum Gasteiger partial charge on any atom is 0.416 e. The van der Waals surface area contributed by atoms with Gasteiger partial charge < -0.3 is 4.90 Å². The van der Waals surface area contributed by atoms with E-state index < -0.39 is 11.7 Å². The average Bonchev–Trinajstić information content (AvgIpc) is 3.18. The van der Waals surface area contributed by atoms with Crippen molar-refractivity contribution in [2.45, 2.75) is 25.1 Å². The normalized spacial score (nSPS) is 15.4. The lowest BCUT2D eigenvalue weighted by atomic mass is 10.1. The quantitative estimate of drug-likeness (QED) is 0.768. The van der Waals surface area contributed by atoms with E-state index in [2.05, 4.69) is 15.9 Å². The highest BCUT2D eigenvalue weighted by molar-refractivity contribution is 9.09. The standard InChI is InChI=1S/C13H13BrF3NO/c14-7-8-18(11-5-6-11)12(19)9-1-3-10(4-2-9)13(15,16)17/h1-4,11H,5-8H2. The van der Waals surface area contributed by atoms with Crippen molar-refractivity contribution < 1.29 is 18.0 Å². The van der Waals surface area contributed by atoms with Crippen LogP contribution in [-0.4, -0.2) is 28.7 Å². The molecule has 0 unspecified atom stereocenters. The molecule has 1 aliphatic rings. The van der Waals surface area contributed by atoms with Crippen molar-refractivity contribution in [1.29, 1.82) is 0 Å². The molecule has 0 heterocycles. The number of halogens is 4. The molecule has 0 bridgehead atoms. The lowest BCUT2D eigenvalue weighted by Gasteiger charge is -2.21. The molecule has 1 fully saturated rings. The van der Waals surface area contributed by atoms with E-state index >= 15 is 0 Å². The van der Waals surface area contributed by atoms with E-state index in [1.54, 1.807) is 4.90 Å². The van der Waals surface area contributed by atoms with Crippen molar-refractivity contribution in [3.05, 3.63) is 35.4 Å². The summed E-state index contributed by atoms with van der Waals surface area (Å²) < 4.78 is 37.3. The van der Waals surface area contributed by atoms with E-state index in [0.717, 1.165) is 25.0 Å². The second-order valence-corrected chi connectivity index (χ2v) is 5.29. The predicted molar refractivity (Wildman–Crippen MR) is 69.3 cm³/mol. The number of rotatable bonds is 4. The van der Waals surface area contributed by atoms with Crippen LogP contribution in [0.2, 0.25) is 0 Å². The summed E-state index contributed by atoms with van der Waals surface area (Å²) in [6.45, 7) is 0.574. The maximum atomic E-state index is 12.4. The van der Waals surface area contributed by atoms with Crippen LogP contribution in [0.1, 0.15) is 28.8 Å². The first-order valence-electron chi connectivity index (χ1n) is 5.97. The smallest absolute Gasteiger partial charge is 0.335 e. The van der Waals surface area contributed by atoms with Crippen molar-refractivity contribution in [2.24, 2.45) is 0 Å². The Balaban J connectivity index is 2.14. The predicted octanol–water partition coefficient (Wildman–Crippen LogP) is 3.70. The molecule has 0 saturated heterocycles. The molecule has 0 aromatic heterocycles. The van der Waals surface area contributed by atoms with Crippen LogP contribution >= 0.6 is 15.9 Å². The Kier molecular flexibility index (Phi) is 4.18. The number of nitrogens with zero attached hydrogens (tertiary/aromatic N) is 1. The summed E-state index contributed by atoms with van der Waals surface area (Å²) in [7, 11) is 0. The van der Waals surface area contributed by atoms with Crippen LogP contribution in [0.15, 0.2) is 24.3 Å². The average molecular weight is 336 g/mol. The number of amides is 1. The fraction of sp³-hybridized carbons (Fsp3) is 0.462. The van der Waals surface area contributed by atoms with Gasteiger partial charge in [0.1, 0.15) is 0 Å². The largest absolute Gasteiger partial charge is 0.416 e. The van der Waals surface area contributed by atoms with E-state index in [0.29, 0.717) is 17.4 Å². The van der Waals surface area contributed by atoms with E-state index in [1.807, 2.05) is 0 Å². The van der Waals surface area contributed by atoms with Gasteiger partial charge in [-0.3, -0.25) is 4.79 Å². The van der Waals surface area contributed by atoms with Crippen molar-refractivity contribution in [3.63, 3.8) is 0 Å². The van der Waals surface area contributed by atoms with E-state index in [-0.39, 0.29) is 11.9 Å². The summed E-state index contributed by atoms with van der Waals surface area (Å²) >= 11 is 3.28. The third-order valence-corrected chi connectivity index (χ3v) is 3.39. The third-order valence-electron chi connectivity index (χ3n) is 3.03. The van der Waals surface area contributed by atoms with Crippen molar-refractivity contribution >= 4 is 21.8 Å². The molecular formula is C13H13BrF3NO. The molecule has 0 spiro atoms. The summed E-state index contributed by atoms with van der Waals surface area (Å²) in [4.78, 5) is 13.9. The molecule has 1 amide bonds. The maximum absolute atomic E-state index is 12.4. The van der Waals surface area contributed by atoms with Crippen molar-refractivity contribution in [1.82, 2.24) is 4.90 Å². The second-order valence-electron chi connectivity index (χ2n) is 4.49.